The van der Waals surface area contributed by atoms with Crippen LogP contribution >= 0.6 is 0 Å². The van der Waals surface area contributed by atoms with Gasteiger partial charge < -0.3 is 9.80 Å². The van der Waals surface area contributed by atoms with Crippen LogP contribution in [0.1, 0.15) is 46.5 Å². The van der Waals surface area contributed by atoms with Crippen LogP contribution in [-0.4, -0.2) is 47.3 Å². The van der Waals surface area contributed by atoms with Crippen LogP contribution in [0.5, 0.6) is 0 Å². The molecule has 4 nitrogen and oxygen atoms in total. The van der Waals surface area contributed by atoms with Crippen LogP contribution in [0.2, 0.25) is 0 Å². The van der Waals surface area contributed by atoms with E-state index in [1.807, 2.05) is 25.7 Å². The van der Waals surface area contributed by atoms with Crippen molar-refractivity contribution >= 4 is 11.8 Å². The predicted molar refractivity (Wildman–Crippen MR) is 70.0 cm³/mol. The average molecular weight is 252 g/mol. The van der Waals surface area contributed by atoms with Crippen molar-refractivity contribution in [3.8, 4) is 0 Å². The van der Waals surface area contributed by atoms with Gasteiger partial charge in [0.15, 0.2) is 0 Å². The van der Waals surface area contributed by atoms with Crippen LogP contribution in [0.25, 0.3) is 0 Å². The third-order valence-electron chi connectivity index (χ3n) is 3.86. The Balaban J connectivity index is 2.07. The van der Waals surface area contributed by atoms with E-state index in [-0.39, 0.29) is 17.9 Å². The molecular formula is C14H24N2O2. The highest BCUT2D eigenvalue weighted by Crippen LogP contribution is 2.27. The Bertz CT molecular complexity index is 340. The Morgan fingerprint density at radius 2 is 1.61 bits per heavy atom. The van der Waals surface area contributed by atoms with Crippen molar-refractivity contribution in [1.82, 2.24) is 9.80 Å². The van der Waals surface area contributed by atoms with E-state index >= 15 is 0 Å². The molecule has 0 spiro atoms. The van der Waals surface area contributed by atoms with Crippen LogP contribution in [0, 0.1) is 5.41 Å². The highest BCUT2D eigenvalue weighted by Gasteiger charge is 2.40. The summed E-state index contributed by atoms with van der Waals surface area (Å²) in [6.45, 7) is 8.24. The number of amides is 2. The molecule has 18 heavy (non-hydrogen) atoms. The average Bonchev–Trinajstić information content (AvgIpc) is 2.97. The van der Waals surface area contributed by atoms with Crippen LogP contribution in [0.15, 0.2) is 0 Å². The maximum atomic E-state index is 12.4. The quantitative estimate of drug-likeness (QED) is 0.712. The minimum absolute atomic E-state index is 0.109. The molecule has 0 aromatic carbocycles. The second-order valence-electron chi connectivity index (χ2n) is 6.44. The third-order valence-corrected chi connectivity index (χ3v) is 3.86. The van der Waals surface area contributed by atoms with E-state index < -0.39 is 5.41 Å². The molecule has 0 radical (unpaired) electrons. The molecule has 2 amide bonds. The maximum Gasteiger partial charge on any atom is 0.245 e. The molecule has 0 saturated carbocycles. The fourth-order valence-corrected chi connectivity index (χ4v) is 2.85. The second kappa shape index (κ2) is 4.90. The summed E-state index contributed by atoms with van der Waals surface area (Å²) >= 11 is 0. The van der Waals surface area contributed by atoms with E-state index in [0.29, 0.717) is 0 Å². The Labute approximate surface area is 109 Å². The Hall–Kier alpha value is -1.06. The van der Waals surface area contributed by atoms with E-state index in [1.54, 1.807) is 4.90 Å². The molecule has 1 atom stereocenters. The minimum Gasteiger partial charge on any atom is -0.341 e. The predicted octanol–water partition coefficient (Wildman–Crippen LogP) is 1.65. The van der Waals surface area contributed by atoms with Gasteiger partial charge in [0, 0.05) is 25.0 Å². The summed E-state index contributed by atoms with van der Waals surface area (Å²) in [4.78, 5) is 28.5. The SMILES string of the molecule is CC(C)(C)C(=O)N1CCCC1C(=O)N1CCCC1. The first kappa shape index (κ1) is 13.4. The first-order valence-corrected chi connectivity index (χ1v) is 7.01. The smallest absolute Gasteiger partial charge is 0.245 e. The van der Waals surface area contributed by atoms with E-state index in [1.165, 1.54) is 0 Å². The van der Waals surface area contributed by atoms with Gasteiger partial charge >= 0.3 is 0 Å². The highest BCUT2D eigenvalue weighted by atomic mass is 16.2. The first-order valence-electron chi connectivity index (χ1n) is 7.01. The molecule has 2 saturated heterocycles. The summed E-state index contributed by atoms with van der Waals surface area (Å²) in [5.41, 5.74) is -0.395. The molecule has 102 valence electrons. The molecule has 2 heterocycles. The number of hydrogen-bond donors (Lipinski definition) is 0. The molecule has 2 aliphatic rings. The molecule has 2 rings (SSSR count). The van der Waals surface area contributed by atoms with Gasteiger partial charge in [-0.15, -0.1) is 0 Å². The van der Waals surface area contributed by atoms with Crippen LogP contribution in [-0.2, 0) is 9.59 Å². The van der Waals surface area contributed by atoms with Gasteiger partial charge in [-0.3, -0.25) is 9.59 Å². The molecule has 0 bridgehead atoms. The molecule has 0 aliphatic carbocycles. The van der Waals surface area contributed by atoms with Gasteiger partial charge in [0.1, 0.15) is 6.04 Å². The normalized spacial score (nSPS) is 24.7. The zero-order valence-corrected chi connectivity index (χ0v) is 11.7. The zero-order valence-electron chi connectivity index (χ0n) is 11.7. The molecule has 4 heteroatoms. The van der Waals surface area contributed by atoms with Crippen molar-refractivity contribution in [1.29, 1.82) is 0 Å². The minimum atomic E-state index is -0.395. The van der Waals surface area contributed by atoms with Crippen molar-refractivity contribution < 1.29 is 9.59 Å². The first-order chi connectivity index (χ1) is 8.41. The summed E-state index contributed by atoms with van der Waals surface area (Å²) < 4.78 is 0. The number of hydrogen-bond acceptors (Lipinski definition) is 2. The molecule has 0 aromatic heterocycles. The van der Waals surface area contributed by atoms with Crippen molar-refractivity contribution in [2.45, 2.75) is 52.5 Å². The Kier molecular flexibility index (Phi) is 3.64. The molecule has 0 aromatic rings. The van der Waals surface area contributed by atoms with Gasteiger partial charge in [-0.2, -0.15) is 0 Å². The number of carbonyl (C=O) groups is 2. The zero-order chi connectivity index (χ0) is 13.3. The fraction of sp³-hybridized carbons (Fsp3) is 0.857. The van der Waals surface area contributed by atoms with E-state index in [9.17, 15) is 9.59 Å². The monoisotopic (exact) mass is 252 g/mol. The second-order valence-corrected chi connectivity index (χ2v) is 6.44. The topological polar surface area (TPSA) is 40.6 Å². The van der Waals surface area contributed by atoms with Gasteiger partial charge in [-0.05, 0) is 25.7 Å². The number of likely N-dealkylation sites (tertiary alicyclic amines) is 2. The van der Waals surface area contributed by atoms with Crippen LogP contribution in [0.3, 0.4) is 0 Å². The third kappa shape index (κ3) is 2.52. The van der Waals surface area contributed by atoms with E-state index in [4.69, 9.17) is 0 Å². The molecule has 2 aliphatic heterocycles. The lowest BCUT2D eigenvalue weighted by atomic mass is 9.94. The summed E-state index contributed by atoms with van der Waals surface area (Å²) in [5.74, 6) is 0.278. The van der Waals surface area contributed by atoms with Gasteiger partial charge in [-0.25, -0.2) is 0 Å². The molecule has 2 fully saturated rings. The van der Waals surface area contributed by atoms with Crippen molar-refractivity contribution in [2.75, 3.05) is 19.6 Å². The van der Waals surface area contributed by atoms with Gasteiger partial charge in [0.2, 0.25) is 11.8 Å². The van der Waals surface area contributed by atoms with Crippen molar-refractivity contribution in [3.63, 3.8) is 0 Å². The largest absolute Gasteiger partial charge is 0.341 e. The lowest BCUT2D eigenvalue weighted by Crippen LogP contribution is -2.50. The molecular weight excluding hydrogens is 228 g/mol. The van der Waals surface area contributed by atoms with E-state index in [2.05, 4.69) is 0 Å². The highest BCUT2D eigenvalue weighted by molar-refractivity contribution is 5.90. The Morgan fingerprint density at radius 3 is 2.17 bits per heavy atom. The summed E-state index contributed by atoms with van der Waals surface area (Å²) in [7, 11) is 0. The number of nitrogens with zero attached hydrogens (tertiary/aromatic N) is 2. The van der Waals surface area contributed by atoms with Gasteiger partial charge in [-0.1, -0.05) is 20.8 Å². The number of rotatable bonds is 1. The van der Waals surface area contributed by atoms with E-state index in [0.717, 1.165) is 45.3 Å². The maximum absolute atomic E-state index is 12.4. The standard InChI is InChI=1S/C14H24N2O2/c1-14(2,3)13(18)16-10-6-7-11(16)12(17)15-8-4-5-9-15/h11H,4-10H2,1-3H3. The Morgan fingerprint density at radius 1 is 1.00 bits per heavy atom. The van der Waals surface area contributed by atoms with Crippen molar-refractivity contribution in [2.24, 2.45) is 5.41 Å². The van der Waals surface area contributed by atoms with Crippen LogP contribution < -0.4 is 0 Å². The lowest BCUT2D eigenvalue weighted by Gasteiger charge is -2.32. The lowest BCUT2D eigenvalue weighted by molar-refractivity contribution is -0.147. The summed E-state index contributed by atoms with van der Waals surface area (Å²) in [6, 6.07) is -0.199. The molecule has 0 N–H and O–H groups in total. The summed E-state index contributed by atoms with van der Waals surface area (Å²) in [6.07, 6.45) is 3.99. The van der Waals surface area contributed by atoms with Crippen LogP contribution in [0.4, 0.5) is 0 Å². The van der Waals surface area contributed by atoms with Gasteiger partial charge in [0.05, 0.1) is 0 Å². The van der Waals surface area contributed by atoms with Gasteiger partial charge in [0.25, 0.3) is 0 Å². The fourth-order valence-electron chi connectivity index (χ4n) is 2.85. The summed E-state index contributed by atoms with van der Waals surface area (Å²) in [5, 5.41) is 0. The molecule has 1 unspecified atom stereocenters. The number of carbonyl (C=O) groups excluding carboxylic acids is 2. The van der Waals surface area contributed by atoms with Crippen molar-refractivity contribution in [3.05, 3.63) is 0 Å².